The molecule has 0 radical (unpaired) electrons. The molecule has 2 rings (SSSR count). The average molecular weight is 375 g/mol. The number of amides is 1. The number of nitrogens with one attached hydrogen (secondary N) is 1. The normalized spacial score (nSPS) is 11.2. The van der Waals surface area contributed by atoms with Gasteiger partial charge in [0.25, 0.3) is 11.5 Å². The molecule has 1 aromatic carbocycles. The third-order valence-electron chi connectivity index (χ3n) is 3.84. The molecule has 0 aliphatic heterocycles. The van der Waals surface area contributed by atoms with E-state index < -0.39 is 17.6 Å². The van der Waals surface area contributed by atoms with Crippen molar-refractivity contribution in [1.82, 2.24) is 9.55 Å². The Kier molecular flexibility index (Phi) is 7.51. The third kappa shape index (κ3) is 5.15. The predicted molar refractivity (Wildman–Crippen MR) is 100 cm³/mol. The van der Waals surface area contributed by atoms with Gasteiger partial charge in [0, 0.05) is 19.6 Å². The minimum atomic E-state index is -1.28. The minimum absolute atomic E-state index is 0.0206. The summed E-state index contributed by atoms with van der Waals surface area (Å²) in [7, 11) is 0. The predicted octanol–water partition coefficient (Wildman–Crippen LogP) is 3.09. The number of hydrogen-bond donors (Lipinski definition) is 1. The summed E-state index contributed by atoms with van der Waals surface area (Å²) in [4.78, 5) is 28.9. The van der Waals surface area contributed by atoms with Crippen molar-refractivity contribution < 1.29 is 19.0 Å². The molecule has 2 aromatic rings. The van der Waals surface area contributed by atoms with Gasteiger partial charge >= 0.3 is 6.09 Å². The molecule has 1 aromatic heterocycles. The highest BCUT2D eigenvalue weighted by atomic mass is 16.7. The Balaban J connectivity index is 2.17. The molecule has 0 saturated carbocycles. The third-order valence-corrected chi connectivity index (χ3v) is 3.84. The van der Waals surface area contributed by atoms with E-state index >= 15 is 0 Å². The average Bonchev–Trinajstić information content (AvgIpc) is 2.68. The fourth-order valence-electron chi connectivity index (χ4n) is 2.62. The fraction of sp³-hybridized carbons (Fsp3) is 0.421. The number of nitrogens with zero attached hydrogens (tertiary/aromatic N) is 2. The smallest absolute Gasteiger partial charge is 0.412 e. The summed E-state index contributed by atoms with van der Waals surface area (Å²) in [6.45, 7) is 6.24. The molecule has 0 saturated heterocycles. The maximum atomic E-state index is 12.8. The Morgan fingerprint density at radius 3 is 2.41 bits per heavy atom. The monoisotopic (exact) mass is 375 g/mol. The van der Waals surface area contributed by atoms with Crippen LogP contribution in [0, 0.1) is 0 Å². The van der Waals surface area contributed by atoms with E-state index in [1.807, 2.05) is 51.1 Å². The fourth-order valence-corrected chi connectivity index (χ4v) is 2.62. The Bertz CT molecular complexity index is 785. The molecule has 1 N–H and O–H groups in total. The van der Waals surface area contributed by atoms with Crippen molar-refractivity contribution in [1.29, 1.82) is 0 Å². The zero-order valence-electron chi connectivity index (χ0n) is 15.8. The van der Waals surface area contributed by atoms with Crippen molar-refractivity contribution in [3.8, 4) is 0 Å². The number of rotatable bonds is 9. The van der Waals surface area contributed by atoms with Crippen LogP contribution in [0.3, 0.4) is 0 Å². The molecule has 0 fully saturated rings. The standard InChI is InChI=1S/C19H25N3O5/c1-4-19(26-5-2,27-6-3)22-14-20-12-16(17(22)23)21-18(24)25-13-15-10-8-7-9-11-15/h7-12,14H,4-6,13H2,1-3H3,(H,21,24). The van der Waals surface area contributed by atoms with Gasteiger partial charge in [-0.05, 0) is 19.4 Å². The molecule has 27 heavy (non-hydrogen) atoms. The van der Waals surface area contributed by atoms with Crippen molar-refractivity contribution in [3.63, 3.8) is 0 Å². The number of carbonyl (C=O) groups excluding carboxylic acids is 1. The maximum Gasteiger partial charge on any atom is 0.412 e. The lowest BCUT2D eigenvalue weighted by Gasteiger charge is -2.33. The topological polar surface area (TPSA) is 91.7 Å². The van der Waals surface area contributed by atoms with Gasteiger partial charge < -0.3 is 14.2 Å². The van der Waals surface area contributed by atoms with Gasteiger partial charge in [0.05, 0.1) is 6.20 Å². The Labute approximate surface area is 158 Å². The molecule has 1 heterocycles. The van der Waals surface area contributed by atoms with Crippen molar-refractivity contribution >= 4 is 11.8 Å². The van der Waals surface area contributed by atoms with E-state index in [0.29, 0.717) is 19.6 Å². The largest absolute Gasteiger partial charge is 0.444 e. The van der Waals surface area contributed by atoms with Crippen molar-refractivity contribution in [2.75, 3.05) is 18.5 Å². The highest BCUT2D eigenvalue weighted by molar-refractivity contribution is 5.83. The van der Waals surface area contributed by atoms with Gasteiger partial charge in [-0.15, -0.1) is 0 Å². The number of anilines is 1. The lowest BCUT2D eigenvalue weighted by molar-refractivity contribution is -0.294. The van der Waals surface area contributed by atoms with Crippen LogP contribution in [0.2, 0.25) is 0 Å². The maximum absolute atomic E-state index is 12.8. The zero-order chi connectivity index (χ0) is 19.7. The van der Waals surface area contributed by atoms with Crippen molar-refractivity contribution in [3.05, 3.63) is 58.8 Å². The molecule has 8 heteroatoms. The van der Waals surface area contributed by atoms with E-state index in [1.54, 1.807) is 0 Å². The molecule has 8 nitrogen and oxygen atoms in total. The van der Waals surface area contributed by atoms with Gasteiger partial charge in [-0.3, -0.25) is 10.1 Å². The van der Waals surface area contributed by atoms with E-state index in [4.69, 9.17) is 14.2 Å². The van der Waals surface area contributed by atoms with Gasteiger partial charge in [-0.1, -0.05) is 37.3 Å². The van der Waals surface area contributed by atoms with E-state index in [-0.39, 0.29) is 12.3 Å². The Morgan fingerprint density at radius 1 is 1.15 bits per heavy atom. The van der Waals surface area contributed by atoms with E-state index in [2.05, 4.69) is 10.3 Å². The summed E-state index contributed by atoms with van der Waals surface area (Å²) in [5.41, 5.74) is 0.326. The zero-order valence-corrected chi connectivity index (χ0v) is 15.8. The van der Waals surface area contributed by atoms with E-state index in [0.717, 1.165) is 5.56 Å². The highest BCUT2D eigenvalue weighted by Crippen LogP contribution is 2.23. The first-order chi connectivity index (χ1) is 13.1. The van der Waals surface area contributed by atoms with Gasteiger partial charge in [0.15, 0.2) is 0 Å². The van der Waals surface area contributed by atoms with Crippen LogP contribution in [-0.2, 0) is 26.7 Å². The second-order valence-electron chi connectivity index (χ2n) is 5.60. The number of benzene rings is 1. The molecule has 0 aliphatic rings. The first-order valence-electron chi connectivity index (χ1n) is 8.89. The number of hydrogen-bond acceptors (Lipinski definition) is 6. The molecule has 146 valence electrons. The van der Waals surface area contributed by atoms with E-state index in [9.17, 15) is 9.59 Å². The lowest BCUT2D eigenvalue weighted by atomic mass is 10.2. The van der Waals surface area contributed by atoms with Crippen LogP contribution in [0.15, 0.2) is 47.7 Å². The molecular formula is C19H25N3O5. The first kappa shape index (κ1) is 20.6. The van der Waals surface area contributed by atoms with Gasteiger partial charge in [-0.2, -0.15) is 0 Å². The summed E-state index contributed by atoms with van der Waals surface area (Å²) < 4.78 is 17.8. The molecule has 0 spiro atoms. The molecular weight excluding hydrogens is 350 g/mol. The van der Waals surface area contributed by atoms with Crippen LogP contribution < -0.4 is 10.9 Å². The van der Waals surface area contributed by atoms with Crippen molar-refractivity contribution in [2.24, 2.45) is 0 Å². The molecule has 1 amide bonds. The Morgan fingerprint density at radius 2 is 1.81 bits per heavy atom. The van der Waals surface area contributed by atoms with Crippen LogP contribution in [0.25, 0.3) is 0 Å². The van der Waals surface area contributed by atoms with Crippen molar-refractivity contribution in [2.45, 2.75) is 39.7 Å². The number of carbonyl (C=O) groups is 1. The van der Waals surface area contributed by atoms with Gasteiger partial charge in [0.1, 0.15) is 18.6 Å². The second-order valence-corrected chi connectivity index (χ2v) is 5.60. The Hall–Kier alpha value is -2.71. The van der Waals surface area contributed by atoms with Gasteiger partial charge in [0.2, 0.25) is 0 Å². The van der Waals surface area contributed by atoms with Crippen LogP contribution in [-0.4, -0.2) is 28.9 Å². The summed E-state index contributed by atoms with van der Waals surface area (Å²) in [6, 6.07) is 9.25. The molecule has 0 bridgehead atoms. The van der Waals surface area contributed by atoms with Crippen LogP contribution in [0.5, 0.6) is 0 Å². The number of aromatic nitrogens is 2. The van der Waals surface area contributed by atoms with Gasteiger partial charge in [-0.25, -0.2) is 14.3 Å². The SMILES string of the molecule is CCOC(CC)(OCC)n1cncc(NC(=O)OCc2ccccc2)c1=O. The lowest BCUT2D eigenvalue weighted by Crippen LogP contribution is -2.46. The van der Waals surface area contributed by atoms with Crippen LogP contribution >= 0.6 is 0 Å². The summed E-state index contributed by atoms with van der Waals surface area (Å²) in [6.07, 6.45) is 2.24. The van der Waals surface area contributed by atoms with E-state index in [1.165, 1.54) is 17.1 Å². The first-order valence-corrected chi connectivity index (χ1v) is 8.89. The summed E-state index contributed by atoms with van der Waals surface area (Å²) in [5.74, 6) is -1.28. The number of ether oxygens (including phenoxy) is 3. The minimum Gasteiger partial charge on any atom is -0.444 e. The second kappa shape index (κ2) is 9.84. The quantitative estimate of drug-likeness (QED) is 0.677. The molecule has 0 unspecified atom stereocenters. The summed E-state index contributed by atoms with van der Waals surface area (Å²) >= 11 is 0. The molecule has 0 atom stereocenters. The van der Waals surface area contributed by atoms with Crippen LogP contribution in [0.1, 0.15) is 32.8 Å². The summed E-state index contributed by atoms with van der Waals surface area (Å²) in [5, 5.41) is 2.43. The van der Waals surface area contributed by atoms with Crippen LogP contribution in [0.4, 0.5) is 10.5 Å². The molecule has 0 aliphatic carbocycles. The highest BCUT2D eigenvalue weighted by Gasteiger charge is 2.33.